The van der Waals surface area contributed by atoms with Gasteiger partial charge in [0.25, 0.3) is 0 Å². The Labute approximate surface area is 292 Å². The Morgan fingerprint density at radius 3 is 1.62 bits per heavy atom. The van der Waals surface area contributed by atoms with Crippen LogP contribution in [0.1, 0.15) is 23.6 Å². The zero-order valence-electron chi connectivity index (χ0n) is 27.8. The minimum atomic E-state index is -0.281. The standard InChI is InChI=1S/C48H34N2/c1-48(44-22-12-10-20-40(44)41-21-11-13-23-45(41)48)35-25-28-46-42(31-35)43-32-39(49(36-16-4-2-5-17-36)37-18-6-3-7-19-37)27-29-47(43)50(46)38-26-24-33-14-8-9-15-34(33)30-38/h2-32H,1H3. The third-order valence-corrected chi connectivity index (χ3v) is 10.8. The molecular weight excluding hydrogens is 605 g/mol. The third kappa shape index (κ3) is 4.22. The SMILES string of the molecule is CC1(c2ccc3c(c2)c2cc(N(c4ccccc4)c4ccccc4)ccc2n3-c2ccc3ccccc3c2)c2ccccc2-c2ccccc21. The zero-order chi connectivity index (χ0) is 33.2. The van der Waals surface area contributed by atoms with Crippen LogP contribution in [0.5, 0.6) is 0 Å². The zero-order valence-corrected chi connectivity index (χ0v) is 27.8. The summed E-state index contributed by atoms with van der Waals surface area (Å²) in [6.07, 6.45) is 0. The lowest BCUT2D eigenvalue weighted by Crippen LogP contribution is -2.22. The second-order valence-corrected chi connectivity index (χ2v) is 13.5. The molecule has 0 saturated heterocycles. The minimum absolute atomic E-state index is 0.281. The molecule has 1 aliphatic carbocycles. The molecule has 2 heteroatoms. The normalized spacial score (nSPS) is 13.1. The Morgan fingerprint density at radius 2 is 0.960 bits per heavy atom. The van der Waals surface area contributed by atoms with E-state index in [-0.39, 0.29) is 5.41 Å². The fourth-order valence-corrected chi connectivity index (χ4v) is 8.42. The molecule has 1 aromatic heterocycles. The first-order valence-corrected chi connectivity index (χ1v) is 17.4. The molecule has 0 amide bonds. The van der Waals surface area contributed by atoms with Crippen LogP contribution < -0.4 is 4.90 Å². The van der Waals surface area contributed by atoms with Gasteiger partial charge in [0.05, 0.1) is 11.0 Å². The van der Waals surface area contributed by atoms with Crippen LogP contribution in [0.2, 0.25) is 0 Å². The molecule has 10 rings (SSSR count). The lowest BCUT2D eigenvalue weighted by Gasteiger charge is -2.28. The molecule has 0 bridgehead atoms. The Balaban J connectivity index is 1.26. The summed E-state index contributed by atoms with van der Waals surface area (Å²) >= 11 is 0. The number of para-hydroxylation sites is 2. The summed E-state index contributed by atoms with van der Waals surface area (Å²) in [6.45, 7) is 2.40. The maximum Gasteiger partial charge on any atom is 0.0542 e. The molecule has 0 atom stereocenters. The van der Waals surface area contributed by atoms with Gasteiger partial charge in [0.15, 0.2) is 0 Å². The average Bonchev–Trinajstić information content (AvgIpc) is 3.65. The number of nitrogens with zero attached hydrogens (tertiary/aromatic N) is 2. The van der Waals surface area contributed by atoms with Crippen molar-refractivity contribution in [3.05, 3.63) is 205 Å². The lowest BCUT2D eigenvalue weighted by atomic mass is 9.74. The quantitative estimate of drug-likeness (QED) is 0.182. The maximum absolute atomic E-state index is 2.47. The van der Waals surface area contributed by atoms with Gasteiger partial charge in [-0.2, -0.15) is 0 Å². The highest BCUT2D eigenvalue weighted by molar-refractivity contribution is 6.11. The van der Waals surface area contributed by atoms with E-state index in [0.717, 1.165) is 22.7 Å². The van der Waals surface area contributed by atoms with Gasteiger partial charge < -0.3 is 9.47 Å². The van der Waals surface area contributed by atoms with Gasteiger partial charge in [-0.1, -0.05) is 121 Å². The van der Waals surface area contributed by atoms with Gasteiger partial charge in [0.1, 0.15) is 0 Å². The van der Waals surface area contributed by atoms with Gasteiger partial charge in [-0.05, 0) is 112 Å². The van der Waals surface area contributed by atoms with E-state index in [9.17, 15) is 0 Å². The molecule has 0 saturated carbocycles. The van der Waals surface area contributed by atoms with Gasteiger partial charge in [0.2, 0.25) is 0 Å². The van der Waals surface area contributed by atoms with Crippen molar-refractivity contribution in [3.63, 3.8) is 0 Å². The summed E-state index contributed by atoms with van der Waals surface area (Å²) in [5, 5.41) is 4.96. The summed E-state index contributed by atoms with van der Waals surface area (Å²) in [7, 11) is 0. The van der Waals surface area contributed by atoms with Crippen LogP contribution in [-0.2, 0) is 5.41 Å². The first-order valence-electron chi connectivity index (χ1n) is 17.4. The fraction of sp³-hybridized carbons (Fsp3) is 0.0417. The van der Waals surface area contributed by atoms with E-state index >= 15 is 0 Å². The Morgan fingerprint density at radius 1 is 0.420 bits per heavy atom. The topological polar surface area (TPSA) is 8.17 Å². The molecule has 1 aliphatic rings. The van der Waals surface area contributed by atoms with Crippen molar-refractivity contribution in [3.8, 4) is 16.8 Å². The molecule has 0 fully saturated rings. The summed E-state index contributed by atoms with van der Waals surface area (Å²) in [5.41, 5.74) is 13.3. The van der Waals surface area contributed by atoms with Crippen molar-refractivity contribution in [1.82, 2.24) is 4.57 Å². The maximum atomic E-state index is 2.47. The molecule has 1 heterocycles. The van der Waals surface area contributed by atoms with Gasteiger partial charge >= 0.3 is 0 Å². The Bertz CT molecular complexity index is 2640. The summed E-state index contributed by atoms with van der Waals surface area (Å²) in [6, 6.07) is 68.8. The number of anilines is 3. The molecular formula is C48H34N2. The molecule has 0 radical (unpaired) electrons. The van der Waals surface area contributed by atoms with E-state index < -0.39 is 0 Å². The van der Waals surface area contributed by atoms with Crippen molar-refractivity contribution in [2.45, 2.75) is 12.3 Å². The van der Waals surface area contributed by atoms with Crippen LogP contribution >= 0.6 is 0 Å². The van der Waals surface area contributed by atoms with Crippen LogP contribution in [-0.4, -0.2) is 4.57 Å². The van der Waals surface area contributed by atoms with Crippen LogP contribution in [0.3, 0.4) is 0 Å². The van der Waals surface area contributed by atoms with Crippen molar-refractivity contribution in [2.75, 3.05) is 4.90 Å². The van der Waals surface area contributed by atoms with Crippen LogP contribution in [0.15, 0.2) is 188 Å². The number of aromatic nitrogens is 1. The number of rotatable bonds is 5. The molecule has 0 unspecified atom stereocenters. The summed E-state index contributed by atoms with van der Waals surface area (Å²) in [5.74, 6) is 0. The second kappa shape index (κ2) is 11.1. The molecule has 0 aliphatic heterocycles. The van der Waals surface area contributed by atoms with E-state index in [0.29, 0.717) is 0 Å². The van der Waals surface area contributed by atoms with Gasteiger partial charge in [-0.25, -0.2) is 0 Å². The molecule has 50 heavy (non-hydrogen) atoms. The Kier molecular flexibility index (Phi) is 6.34. The van der Waals surface area contributed by atoms with Gasteiger partial charge in [-0.15, -0.1) is 0 Å². The van der Waals surface area contributed by atoms with E-state index in [1.54, 1.807) is 0 Å². The summed E-state index contributed by atoms with van der Waals surface area (Å²) < 4.78 is 2.44. The molecule has 8 aromatic carbocycles. The van der Waals surface area contributed by atoms with Crippen molar-refractivity contribution in [1.29, 1.82) is 0 Å². The van der Waals surface area contributed by atoms with E-state index in [1.807, 2.05) is 0 Å². The average molecular weight is 639 g/mol. The number of benzene rings is 8. The van der Waals surface area contributed by atoms with Crippen molar-refractivity contribution < 1.29 is 0 Å². The summed E-state index contributed by atoms with van der Waals surface area (Å²) in [4.78, 5) is 2.35. The lowest BCUT2D eigenvalue weighted by molar-refractivity contribution is 0.715. The highest BCUT2D eigenvalue weighted by atomic mass is 15.1. The van der Waals surface area contributed by atoms with Crippen molar-refractivity contribution >= 4 is 49.6 Å². The first-order chi connectivity index (χ1) is 24.7. The predicted molar refractivity (Wildman–Crippen MR) is 210 cm³/mol. The fourth-order valence-electron chi connectivity index (χ4n) is 8.42. The molecule has 9 aromatic rings. The van der Waals surface area contributed by atoms with Crippen molar-refractivity contribution in [2.24, 2.45) is 0 Å². The largest absolute Gasteiger partial charge is 0.310 e. The third-order valence-electron chi connectivity index (χ3n) is 10.8. The van der Waals surface area contributed by atoms with Crippen LogP contribution in [0, 0.1) is 0 Å². The molecule has 0 N–H and O–H groups in total. The van der Waals surface area contributed by atoms with Crippen LogP contribution in [0.25, 0.3) is 49.4 Å². The second-order valence-electron chi connectivity index (χ2n) is 13.5. The van der Waals surface area contributed by atoms with E-state index in [1.165, 1.54) is 60.4 Å². The number of hydrogen-bond acceptors (Lipinski definition) is 1. The van der Waals surface area contributed by atoms with Gasteiger partial charge in [-0.3, -0.25) is 0 Å². The monoisotopic (exact) mass is 638 g/mol. The van der Waals surface area contributed by atoms with E-state index in [2.05, 4.69) is 204 Å². The Hall–Kier alpha value is -6.38. The predicted octanol–water partition coefficient (Wildman–Crippen LogP) is 12.7. The number of hydrogen-bond donors (Lipinski definition) is 0. The van der Waals surface area contributed by atoms with E-state index in [4.69, 9.17) is 0 Å². The molecule has 236 valence electrons. The first kappa shape index (κ1) is 28.6. The minimum Gasteiger partial charge on any atom is -0.310 e. The highest BCUT2D eigenvalue weighted by Crippen LogP contribution is 2.53. The van der Waals surface area contributed by atoms with Crippen LogP contribution in [0.4, 0.5) is 17.1 Å². The van der Waals surface area contributed by atoms with Gasteiger partial charge in [0, 0.05) is 38.9 Å². The molecule has 0 spiro atoms. The smallest absolute Gasteiger partial charge is 0.0542 e. The molecule has 2 nitrogen and oxygen atoms in total. The highest BCUT2D eigenvalue weighted by Gasteiger charge is 2.40. The number of fused-ring (bicyclic) bond motifs is 7.